The number of halogens is 3. The van der Waals surface area contributed by atoms with Crippen LogP contribution in [0.2, 0.25) is 0 Å². The second kappa shape index (κ2) is 8.70. The third-order valence-electron chi connectivity index (χ3n) is 5.44. The summed E-state index contributed by atoms with van der Waals surface area (Å²) < 4.78 is 41.0. The summed E-state index contributed by atoms with van der Waals surface area (Å²) in [5.74, 6) is -0.886. The number of likely N-dealkylation sites (N-methyl/N-ethyl adjacent to an activating group) is 1. The number of carbonyl (C=O) groups excluding carboxylic acids is 1. The van der Waals surface area contributed by atoms with Gasteiger partial charge in [0.1, 0.15) is 17.9 Å². The van der Waals surface area contributed by atoms with Crippen molar-refractivity contribution in [3.05, 3.63) is 41.7 Å². The molecule has 0 bridgehead atoms. The average Bonchev–Trinajstić information content (AvgIpc) is 3.17. The highest BCUT2D eigenvalue weighted by atomic mass is 19.4. The van der Waals surface area contributed by atoms with Crippen molar-refractivity contribution >= 4 is 39.8 Å². The molecule has 0 spiro atoms. The number of anilines is 3. The molecule has 0 saturated carbocycles. The lowest BCUT2D eigenvalue weighted by Gasteiger charge is -2.23. The number of amides is 1. The zero-order valence-electron chi connectivity index (χ0n) is 18.1. The Morgan fingerprint density at radius 1 is 1.27 bits per heavy atom. The van der Waals surface area contributed by atoms with E-state index in [0.29, 0.717) is 16.6 Å². The predicted octanol–water partition coefficient (Wildman–Crippen LogP) is 2.83. The first kappa shape index (κ1) is 22.5. The fourth-order valence-corrected chi connectivity index (χ4v) is 3.81. The summed E-state index contributed by atoms with van der Waals surface area (Å²) in [4.78, 5) is 21.6. The lowest BCUT2D eigenvalue weighted by molar-refractivity contribution is -0.137. The van der Waals surface area contributed by atoms with Gasteiger partial charge in [0.25, 0.3) is 0 Å². The van der Waals surface area contributed by atoms with Crippen molar-refractivity contribution in [1.82, 2.24) is 24.6 Å². The van der Waals surface area contributed by atoms with Crippen molar-refractivity contribution in [1.29, 1.82) is 0 Å². The Morgan fingerprint density at radius 2 is 2.06 bits per heavy atom. The minimum absolute atomic E-state index is 0.0115. The molecule has 0 atom stereocenters. The number of fused-ring (bicyclic) bond motifs is 1. The number of hydrogen-bond donors (Lipinski definition) is 3. The van der Waals surface area contributed by atoms with Crippen molar-refractivity contribution in [3.63, 3.8) is 0 Å². The Kier molecular flexibility index (Phi) is 5.93. The van der Waals surface area contributed by atoms with Crippen LogP contribution in [-0.4, -0.2) is 57.7 Å². The van der Waals surface area contributed by atoms with E-state index < -0.39 is 17.6 Å². The minimum atomic E-state index is -4.58. The molecule has 0 aliphatic carbocycles. The molecule has 0 saturated heterocycles. The van der Waals surface area contributed by atoms with E-state index in [4.69, 9.17) is 5.73 Å². The van der Waals surface area contributed by atoms with Crippen LogP contribution in [0.15, 0.2) is 30.6 Å². The number of aromatic nitrogens is 4. The van der Waals surface area contributed by atoms with E-state index in [-0.39, 0.29) is 18.3 Å². The maximum absolute atomic E-state index is 13.2. The quantitative estimate of drug-likeness (QED) is 0.518. The molecular formula is C21H23F3N8O. The van der Waals surface area contributed by atoms with E-state index in [2.05, 4.69) is 36.7 Å². The van der Waals surface area contributed by atoms with Crippen LogP contribution in [0, 0.1) is 0 Å². The first-order valence-electron chi connectivity index (χ1n) is 10.2. The fraction of sp³-hybridized carbons (Fsp3) is 0.333. The molecule has 4 N–H and O–H groups in total. The maximum atomic E-state index is 13.2. The molecule has 9 nitrogen and oxygen atoms in total. The zero-order chi connectivity index (χ0) is 23.8. The van der Waals surface area contributed by atoms with Crippen LogP contribution in [0.3, 0.4) is 0 Å². The topological polar surface area (TPSA) is 114 Å². The van der Waals surface area contributed by atoms with Gasteiger partial charge in [-0.25, -0.2) is 4.98 Å². The zero-order valence-corrected chi connectivity index (χ0v) is 18.1. The third kappa shape index (κ3) is 4.60. The van der Waals surface area contributed by atoms with E-state index >= 15 is 0 Å². The molecule has 0 radical (unpaired) electrons. The Labute approximate surface area is 187 Å². The fourth-order valence-electron chi connectivity index (χ4n) is 3.81. The van der Waals surface area contributed by atoms with Gasteiger partial charge in [-0.05, 0) is 25.1 Å². The summed E-state index contributed by atoms with van der Waals surface area (Å²) in [7, 11) is 3.40. The number of nitrogens with one attached hydrogen (secondary N) is 2. The van der Waals surface area contributed by atoms with E-state index in [1.807, 2.05) is 13.1 Å². The molecule has 3 heterocycles. The summed E-state index contributed by atoms with van der Waals surface area (Å²) in [6.45, 7) is 1.59. The SMILES string of the molecule is CNc1nc(Nc2ccc(C3=CCN(C)CC3)c3c2cnn3CC(N)=O)ncc1C(F)(F)F. The second-order valence-electron chi connectivity index (χ2n) is 7.76. The average molecular weight is 460 g/mol. The molecule has 0 fully saturated rings. The van der Waals surface area contributed by atoms with E-state index in [0.717, 1.165) is 36.8 Å². The number of carbonyl (C=O) groups is 1. The van der Waals surface area contributed by atoms with Gasteiger partial charge in [0.2, 0.25) is 11.9 Å². The summed E-state index contributed by atoms with van der Waals surface area (Å²) >= 11 is 0. The van der Waals surface area contributed by atoms with Gasteiger partial charge in [0, 0.05) is 37.3 Å². The standard InChI is InChI=1S/C21H23F3N8O/c1-26-19-15(21(22,23)24)10-27-20(30-19)29-16-4-3-13(12-5-7-31(2)8-6-12)18-14(16)9-28-32(18)11-17(25)33/h3-5,9-10H,6-8,11H2,1-2H3,(H2,25,33)(H2,26,27,29,30). The minimum Gasteiger partial charge on any atom is -0.372 e. The Hall–Kier alpha value is -3.67. The van der Waals surface area contributed by atoms with Gasteiger partial charge in [-0.1, -0.05) is 12.1 Å². The Morgan fingerprint density at radius 3 is 2.70 bits per heavy atom. The van der Waals surface area contributed by atoms with Crippen molar-refractivity contribution in [2.75, 3.05) is 37.8 Å². The largest absolute Gasteiger partial charge is 0.421 e. The monoisotopic (exact) mass is 460 g/mol. The van der Waals surface area contributed by atoms with Crippen molar-refractivity contribution in [3.8, 4) is 0 Å². The van der Waals surface area contributed by atoms with Crippen LogP contribution < -0.4 is 16.4 Å². The summed E-state index contributed by atoms with van der Waals surface area (Å²) in [5, 5.41) is 10.4. The van der Waals surface area contributed by atoms with Crippen molar-refractivity contribution in [2.45, 2.75) is 19.1 Å². The highest BCUT2D eigenvalue weighted by molar-refractivity contribution is 6.00. The molecule has 4 rings (SSSR count). The number of nitrogens with two attached hydrogens (primary N) is 1. The number of benzene rings is 1. The molecule has 1 aliphatic rings. The van der Waals surface area contributed by atoms with Gasteiger partial charge >= 0.3 is 6.18 Å². The van der Waals surface area contributed by atoms with Crippen LogP contribution in [0.25, 0.3) is 16.5 Å². The molecule has 174 valence electrons. The molecule has 33 heavy (non-hydrogen) atoms. The van der Waals surface area contributed by atoms with Crippen LogP contribution in [0.1, 0.15) is 17.5 Å². The van der Waals surface area contributed by atoms with Crippen LogP contribution in [0.5, 0.6) is 0 Å². The Balaban J connectivity index is 1.78. The first-order valence-corrected chi connectivity index (χ1v) is 10.2. The van der Waals surface area contributed by atoms with Gasteiger partial charge in [-0.3, -0.25) is 9.48 Å². The third-order valence-corrected chi connectivity index (χ3v) is 5.44. The first-order chi connectivity index (χ1) is 15.7. The van der Waals surface area contributed by atoms with Gasteiger partial charge in [0.15, 0.2) is 0 Å². The maximum Gasteiger partial charge on any atom is 0.421 e. The van der Waals surface area contributed by atoms with Crippen LogP contribution >= 0.6 is 0 Å². The molecule has 1 aliphatic heterocycles. The highest BCUT2D eigenvalue weighted by Gasteiger charge is 2.35. The number of primary amides is 1. The normalized spacial score (nSPS) is 14.9. The van der Waals surface area contributed by atoms with Gasteiger partial charge < -0.3 is 21.3 Å². The second-order valence-corrected chi connectivity index (χ2v) is 7.76. The van der Waals surface area contributed by atoms with E-state index in [1.54, 1.807) is 12.3 Å². The Bertz CT molecular complexity index is 1230. The molecule has 1 aromatic carbocycles. The molecule has 3 aromatic rings. The summed E-state index contributed by atoms with van der Waals surface area (Å²) in [6.07, 6.45) is 0.692. The number of nitrogens with zero attached hydrogens (tertiary/aromatic N) is 5. The highest BCUT2D eigenvalue weighted by Crippen LogP contribution is 2.36. The van der Waals surface area contributed by atoms with Crippen LogP contribution in [0.4, 0.5) is 30.6 Å². The van der Waals surface area contributed by atoms with Crippen LogP contribution in [-0.2, 0) is 17.5 Å². The van der Waals surface area contributed by atoms with Gasteiger partial charge in [-0.2, -0.15) is 23.3 Å². The number of rotatable bonds is 6. The van der Waals surface area contributed by atoms with Gasteiger partial charge in [-0.15, -0.1) is 0 Å². The molecule has 1 amide bonds. The number of hydrogen-bond acceptors (Lipinski definition) is 7. The lowest BCUT2D eigenvalue weighted by Crippen LogP contribution is -2.24. The predicted molar refractivity (Wildman–Crippen MR) is 119 cm³/mol. The summed E-state index contributed by atoms with van der Waals surface area (Å²) in [6, 6.07) is 3.69. The number of alkyl halides is 3. The van der Waals surface area contributed by atoms with Gasteiger partial charge in [0.05, 0.1) is 17.4 Å². The summed E-state index contributed by atoms with van der Waals surface area (Å²) in [5.41, 5.74) is 7.74. The smallest absolute Gasteiger partial charge is 0.372 e. The molecule has 2 aromatic heterocycles. The molecule has 0 unspecified atom stereocenters. The van der Waals surface area contributed by atoms with E-state index in [9.17, 15) is 18.0 Å². The van der Waals surface area contributed by atoms with E-state index in [1.165, 1.54) is 11.7 Å². The lowest BCUT2D eigenvalue weighted by atomic mass is 9.97. The molecular weight excluding hydrogens is 437 g/mol. The molecule has 12 heteroatoms. The van der Waals surface area contributed by atoms with Crippen molar-refractivity contribution in [2.24, 2.45) is 5.73 Å². The van der Waals surface area contributed by atoms with Crippen molar-refractivity contribution < 1.29 is 18.0 Å².